The third-order valence-electron chi connectivity index (χ3n) is 3.53. The van der Waals surface area contributed by atoms with E-state index < -0.39 is 0 Å². The summed E-state index contributed by atoms with van der Waals surface area (Å²) in [7, 11) is 0. The minimum atomic E-state index is -0.236. The number of hydrogen-bond acceptors (Lipinski definition) is 6. The van der Waals surface area contributed by atoms with Gasteiger partial charge < -0.3 is 14.5 Å². The van der Waals surface area contributed by atoms with E-state index in [0.29, 0.717) is 42.0 Å². The van der Waals surface area contributed by atoms with Crippen molar-refractivity contribution in [2.24, 2.45) is 0 Å². The molecule has 0 radical (unpaired) electrons. The van der Waals surface area contributed by atoms with Gasteiger partial charge in [-0.15, -0.1) is 0 Å². The Hall–Kier alpha value is -2.38. The maximum atomic E-state index is 12.5. The Balaban J connectivity index is 1.80. The summed E-state index contributed by atoms with van der Waals surface area (Å²) >= 11 is 1.47. The van der Waals surface area contributed by atoms with E-state index in [1.54, 1.807) is 18.5 Å². The second kappa shape index (κ2) is 8.64. The third kappa shape index (κ3) is 4.37. The molecule has 3 rings (SSSR count). The van der Waals surface area contributed by atoms with Gasteiger partial charge in [0.1, 0.15) is 5.58 Å². The van der Waals surface area contributed by atoms with Crippen molar-refractivity contribution < 1.29 is 13.9 Å². The summed E-state index contributed by atoms with van der Waals surface area (Å²) in [5.41, 5.74) is 1.55. The Kier molecular flexibility index (Phi) is 6.03. The largest absolute Gasteiger partial charge is 0.451 e. The number of rotatable bonds is 8. The van der Waals surface area contributed by atoms with Crippen molar-refractivity contribution in [3.8, 4) is 0 Å². The number of benzene rings is 1. The van der Waals surface area contributed by atoms with Crippen molar-refractivity contribution >= 4 is 28.6 Å². The van der Waals surface area contributed by atoms with Gasteiger partial charge in [-0.25, -0.2) is 9.97 Å². The van der Waals surface area contributed by atoms with Gasteiger partial charge in [0.15, 0.2) is 10.9 Å². The van der Waals surface area contributed by atoms with E-state index in [2.05, 4.69) is 15.3 Å². The molecule has 0 atom stereocenters. The molecule has 2 heterocycles. The van der Waals surface area contributed by atoms with E-state index in [-0.39, 0.29) is 5.91 Å². The van der Waals surface area contributed by atoms with Crippen LogP contribution in [-0.4, -0.2) is 35.6 Å². The number of carbonyl (C=O) groups is 1. The summed E-state index contributed by atoms with van der Waals surface area (Å²) < 4.78 is 11.0. The Morgan fingerprint density at radius 3 is 2.84 bits per heavy atom. The van der Waals surface area contributed by atoms with Crippen molar-refractivity contribution in [1.29, 1.82) is 0 Å². The minimum absolute atomic E-state index is 0.236. The third-order valence-corrected chi connectivity index (χ3v) is 4.43. The first kappa shape index (κ1) is 17.4. The molecular weight excluding hydrogens is 338 g/mol. The summed E-state index contributed by atoms with van der Waals surface area (Å²) in [6, 6.07) is 9.41. The normalized spacial score (nSPS) is 10.9. The molecule has 0 aliphatic carbocycles. The van der Waals surface area contributed by atoms with Crippen LogP contribution in [0.3, 0.4) is 0 Å². The van der Waals surface area contributed by atoms with Crippen molar-refractivity contribution in [1.82, 2.24) is 15.3 Å². The molecule has 1 aromatic carbocycles. The molecule has 0 spiro atoms. The summed E-state index contributed by atoms with van der Waals surface area (Å²) in [6.45, 7) is 3.46. The van der Waals surface area contributed by atoms with Gasteiger partial charge in [0.05, 0.1) is 6.61 Å². The standard InChI is InChI=1S/C18H19N3O3S/c1-2-23-11-10-19-17(22)16-14(12-25-18-20-8-5-9-21-18)13-6-3-4-7-15(13)24-16/h3-9H,2,10-12H2,1H3,(H,19,22). The summed E-state index contributed by atoms with van der Waals surface area (Å²) in [6.07, 6.45) is 3.40. The first-order valence-electron chi connectivity index (χ1n) is 8.05. The highest BCUT2D eigenvalue weighted by Crippen LogP contribution is 2.30. The van der Waals surface area contributed by atoms with Gasteiger partial charge in [0.2, 0.25) is 0 Å². The zero-order valence-corrected chi connectivity index (χ0v) is 14.7. The molecule has 0 unspecified atom stereocenters. The fourth-order valence-corrected chi connectivity index (χ4v) is 3.21. The minimum Gasteiger partial charge on any atom is -0.451 e. The van der Waals surface area contributed by atoms with Crippen molar-refractivity contribution in [2.45, 2.75) is 17.8 Å². The lowest BCUT2D eigenvalue weighted by Crippen LogP contribution is -2.27. The number of hydrogen-bond donors (Lipinski definition) is 1. The average Bonchev–Trinajstić information content (AvgIpc) is 3.03. The number of para-hydroxylation sites is 1. The molecule has 1 N–H and O–H groups in total. The van der Waals surface area contributed by atoms with Crippen LogP contribution in [-0.2, 0) is 10.5 Å². The first-order chi connectivity index (χ1) is 12.3. The lowest BCUT2D eigenvalue weighted by atomic mass is 10.1. The fourth-order valence-electron chi connectivity index (χ4n) is 2.38. The first-order valence-corrected chi connectivity index (χ1v) is 9.04. The number of amides is 1. The molecule has 3 aromatic rings. The maximum Gasteiger partial charge on any atom is 0.287 e. The number of aromatic nitrogens is 2. The molecular formula is C18H19N3O3S. The number of fused-ring (bicyclic) bond motifs is 1. The monoisotopic (exact) mass is 357 g/mol. The molecule has 2 aromatic heterocycles. The molecule has 0 saturated carbocycles. The topological polar surface area (TPSA) is 77.2 Å². The van der Waals surface area contributed by atoms with Gasteiger partial charge >= 0.3 is 0 Å². The van der Waals surface area contributed by atoms with Crippen LogP contribution in [0.2, 0.25) is 0 Å². The Bertz CT molecular complexity index is 836. The summed E-state index contributed by atoms with van der Waals surface area (Å²) in [4.78, 5) is 20.9. The quantitative estimate of drug-likeness (QED) is 0.379. The Morgan fingerprint density at radius 2 is 2.04 bits per heavy atom. The molecule has 25 heavy (non-hydrogen) atoms. The second-order valence-electron chi connectivity index (χ2n) is 5.18. The van der Waals surface area contributed by atoms with Crippen molar-refractivity contribution in [3.63, 3.8) is 0 Å². The lowest BCUT2D eigenvalue weighted by molar-refractivity contribution is 0.0897. The van der Waals surface area contributed by atoms with Gasteiger partial charge in [-0.2, -0.15) is 0 Å². The molecule has 1 amide bonds. The van der Waals surface area contributed by atoms with Crippen LogP contribution in [0.25, 0.3) is 11.0 Å². The van der Waals surface area contributed by atoms with E-state index in [1.165, 1.54) is 11.8 Å². The van der Waals surface area contributed by atoms with E-state index in [9.17, 15) is 4.79 Å². The molecule has 6 nitrogen and oxygen atoms in total. The van der Waals surface area contributed by atoms with Gasteiger partial charge in [-0.05, 0) is 19.1 Å². The van der Waals surface area contributed by atoms with Gasteiger partial charge in [0.25, 0.3) is 5.91 Å². The van der Waals surface area contributed by atoms with Gasteiger partial charge in [-0.3, -0.25) is 4.79 Å². The van der Waals surface area contributed by atoms with Crippen molar-refractivity contribution in [2.75, 3.05) is 19.8 Å². The number of ether oxygens (including phenoxy) is 1. The van der Waals surface area contributed by atoms with Crippen LogP contribution in [0, 0.1) is 0 Å². The van der Waals surface area contributed by atoms with Crippen LogP contribution in [0.1, 0.15) is 23.0 Å². The predicted octanol–water partition coefficient (Wildman–Crippen LogP) is 3.28. The Labute approximate surface area is 150 Å². The number of furan rings is 1. The summed E-state index contributed by atoms with van der Waals surface area (Å²) in [5.74, 6) is 0.650. The maximum absolute atomic E-state index is 12.5. The highest BCUT2D eigenvalue weighted by atomic mass is 32.2. The van der Waals surface area contributed by atoms with Crippen LogP contribution >= 0.6 is 11.8 Å². The van der Waals surface area contributed by atoms with E-state index in [1.807, 2.05) is 31.2 Å². The Morgan fingerprint density at radius 1 is 1.24 bits per heavy atom. The molecule has 130 valence electrons. The molecule has 0 fully saturated rings. The van der Waals surface area contributed by atoms with E-state index in [4.69, 9.17) is 9.15 Å². The van der Waals surface area contributed by atoms with Crippen LogP contribution in [0.15, 0.2) is 52.3 Å². The number of nitrogens with one attached hydrogen (secondary N) is 1. The van der Waals surface area contributed by atoms with Crippen LogP contribution in [0.5, 0.6) is 0 Å². The number of carbonyl (C=O) groups excluding carboxylic acids is 1. The van der Waals surface area contributed by atoms with Gasteiger partial charge in [0, 0.05) is 42.2 Å². The second-order valence-corrected chi connectivity index (χ2v) is 6.12. The molecule has 0 bridgehead atoms. The summed E-state index contributed by atoms with van der Waals surface area (Å²) in [5, 5.41) is 4.43. The predicted molar refractivity (Wildman–Crippen MR) is 96.6 cm³/mol. The lowest BCUT2D eigenvalue weighted by Gasteiger charge is -2.05. The van der Waals surface area contributed by atoms with E-state index >= 15 is 0 Å². The molecule has 7 heteroatoms. The zero-order valence-electron chi connectivity index (χ0n) is 13.9. The number of thioether (sulfide) groups is 1. The SMILES string of the molecule is CCOCCNC(=O)c1oc2ccccc2c1CSc1ncccn1. The van der Waals surface area contributed by atoms with Crippen LogP contribution < -0.4 is 5.32 Å². The fraction of sp³-hybridized carbons (Fsp3) is 0.278. The van der Waals surface area contributed by atoms with Crippen LogP contribution in [0.4, 0.5) is 0 Å². The average molecular weight is 357 g/mol. The number of nitrogens with zero attached hydrogens (tertiary/aromatic N) is 2. The van der Waals surface area contributed by atoms with Gasteiger partial charge in [-0.1, -0.05) is 30.0 Å². The molecule has 0 aliphatic rings. The van der Waals surface area contributed by atoms with Crippen molar-refractivity contribution in [3.05, 3.63) is 54.0 Å². The molecule has 0 aliphatic heterocycles. The smallest absolute Gasteiger partial charge is 0.287 e. The highest BCUT2D eigenvalue weighted by molar-refractivity contribution is 7.98. The van der Waals surface area contributed by atoms with E-state index in [0.717, 1.165) is 10.9 Å². The zero-order chi connectivity index (χ0) is 17.5. The highest BCUT2D eigenvalue weighted by Gasteiger charge is 2.20. The molecule has 0 saturated heterocycles.